The number of amides is 1. The van der Waals surface area contributed by atoms with Crippen LogP contribution in [0.5, 0.6) is 0 Å². The maximum Gasteiger partial charge on any atom is 0.243 e. The number of carbonyl (C=O) groups is 1. The molecule has 0 radical (unpaired) electrons. The largest absolute Gasteiger partial charge is 0.376 e. The molecule has 1 amide bonds. The zero-order valence-electron chi connectivity index (χ0n) is 11.8. The minimum atomic E-state index is -0.0832. The number of aryl methyl sites for hydroxylation is 2. The minimum absolute atomic E-state index is 0.0832. The van der Waals surface area contributed by atoms with Gasteiger partial charge in [-0.3, -0.25) is 4.79 Å². The van der Waals surface area contributed by atoms with Crippen molar-refractivity contribution in [2.24, 2.45) is 0 Å². The summed E-state index contributed by atoms with van der Waals surface area (Å²) in [4.78, 5) is 12.0. The Bertz CT molecular complexity index is 671. The maximum atomic E-state index is 12.0. The van der Waals surface area contributed by atoms with Crippen LogP contribution in [0, 0.1) is 13.8 Å². The summed E-state index contributed by atoms with van der Waals surface area (Å²) in [5.41, 5.74) is 3.97. The number of hydrogen-bond acceptors (Lipinski definition) is 2. The second-order valence-electron chi connectivity index (χ2n) is 4.85. The first-order valence-electron chi connectivity index (χ1n) is 6.52. The van der Waals surface area contributed by atoms with Crippen molar-refractivity contribution < 1.29 is 4.79 Å². The van der Waals surface area contributed by atoms with E-state index in [0.717, 1.165) is 31.4 Å². The van der Waals surface area contributed by atoms with Crippen LogP contribution >= 0.6 is 31.9 Å². The zero-order valence-corrected chi connectivity index (χ0v) is 15.0. The molecule has 21 heavy (non-hydrogen) atoms. The van der Waals surface area contributed by atoms with Gasteiger partial charge in [0.05, 0.1) is 12.2 Å². The number of anilines is 2. The summed E-state index contributed by atoms with van der Waals surface area (Å²) in [6, 6.07) is 11.7. The van der Waals surface area contributed by atoms with Crippen LogP contribution in [-0.2, 0) is 4.79 Å². The van der Waals surface area contributed by atoms with E-state index >= 15 is 0 Å². The minimum Gasteiger partial charge on any atom is -0.376 e. The molecule has 0 fully saturated rings. The van der Waals surface area contributed by atoms with Crippen LogP contribution in [0.25, 0.3) is 0 Å². The molecular formula is C16H16Br2N2O. The molecule has 2 aromatic rings. The lowest BCUT2D eigenvalue weighted by Gasteiger charge is -2.10. The van der Waals surface area contributed by atoms with Gasteiger partial charge in [0, 0.05) is 14.6 Å². The van der Waals surface area contributed by atoms with Crippen molar-refractivity contribution in [3.8, 4) is 0 Å². The summed E-state index contributed by atoms with van der Waals surface area (Å²) in [5.74, 6) is -0.0832. The molecule has 5 heteroatoms. The van der Waals surface area contributed by atoms with Gasteiger partial charge in [0.1, 0.15) is 0 Å². The number of rotatable bonds is 4. The lowest BCUT2D eigenvalue weighted by atomic mass is 10.2. The highest BCUT2D eigenvalue weighted by molar-refractivity contribution is 9.10. The van der Waals surface area contributed by atoms with Gasteiger partial charge in [-0.2, -0.15) is 0 Å². The Labute approximate surface area is 141 Å². The first-order valence-corrected chi connectivity index (χ1v) is 8.10. The summed E-state index contributed by atoms with van der Waals surface area (Å²) in [7, 11) is 0. The van der Waals surface area contributed by atoms with Crippen molar-refractivity contribution in [1.29, 1.82) is 0 Å². The lowest BCUT2D eigenvalue weighted by molar-refractivity contribution is -0.114. The van der Waals surface area contributed by atoms with Crippen LogP contribution in [0.4, 0.5) is 11.4 Å². The first kappa shape index (κ1) is 16.0. The van der Waals surface area contributed by atoms with Gasteiger partial charge >= 0.3 is 0 Å². The fraction of sp³-hybridized carbons (Fsp3) is 0.188. The van der Waals surface area contributed by atoms with Crippen molar-refractivity contribution in [2.75, 3.05) is 17.2 Å². The number of carbonyl (C=O) groups excluding carboxylic acids is 1. The van der Waals surface area contributed by atoms with E-state index < -0.39 is 0 Å². The average Bonchev–Trinajstić information content (AvgIpc) is 2.43. The average molecular weight is 412 g/mol. The lowest BCUT2D eigenvalue weighted by Crippen LogP contribution is -2.22. The molecule has 0 saturated heterocycles. The zero-order chi connectivity index (χ0) is 15.4. The molecule has 0 aliphatic carbocycles. The Kier molecular flexibility index (Phi) is 5.42. The first-order chi connectivity index (χ1) is 9.95. The van der Waals surface area contributed by atoms with E-state index in [1.54, 1.807) is 0 Å². The van der Waals surface area contributed by atoms with E-state index in [0.29, 0.717) is 0 Å². The normalized spacial score (nSPS) is 10.3. The Morgan fingerprint density at radius 1 is 1.05 bits per heavy atom. The number of halogens is 2. The quantitative estimate of drug-likeness (QED) is 0.752. The molecule has 0 unspecified atom stereocenters. The highest BCUT2D eigenvalue weighted by Crippen LogP contribution is 2.23. The second kappa shape index (κ2) is 7.09. The molecule has 0 aromatic heterocycles. The third kappa shape index (κ3) is 4.58. The molecule has 0 saturated carbocycles. The van der Waals surface area contributed by atoms with E-state index in [1.807, 2.05) is 50.2 Å². The van der Waals surface area contributed by atoms with Gasteiger partial charge < -0.3 is 10.6 Å². The molecule has 2 rings (SSSR count). The van der Waals surface area contributed by atoms with Crippen molar-refractivity contribution in [1.82, 2.24) is 0 Å². The predicted octanol–water partition coefficient (Wildman–Crippen LogP) is 4.88. The molecule has 2 aromatic carbocycles. The highest BCUT2D eigenvalue weighted by Gasteiger charge is 2.06. The molecule has 3 nitrogen and oxygen atoms in total. The fourth-order valence-electron chi connectivity index (χ4n) is 1.85. The number of hydrogen-bond donors (Lipinski definition) is 2. The summed E-state index contributed by atoms with van der Waals surface area (Å²) >= 11 is 6.90. The highest BCUT2D eigenvalue weighted by atomic mass is 79.9. The molecule has 2 N–H and O–H groups in total. The fourth-order valence-corrected chi connectivity index (χ4v) is 2.69. The SMILES string of the molecule is Cc1ccc(NC(=O)CNc2ccc(Br)c(C)c2)c(Br)c1. The molecule has 0 heterocycles. The molecular weight excluding hydrogens is 396 g/mol. The van der Waals surface area contributed by atoms with Crippen molar-refractivity contribution >= 4 is 49.1 Å². The summed E-state index contributed by atoms with van der Waals surface area (Å²) < 4.78 is 1.94. The van der Waals surface area contributed by atoms with E-state index in [9.17, 15) is 4.79 Å². The maximum absolute atomic E-state index is 12.0. The molecule has 0 aliphatic heterocycles. The van der Waals surface area contributed by atoms with Crippen LogP contribution in [0.1, 0.15) is 11.1 Å². The second-order valence-corrected chi connectivity index (χ2v) is 6.56. The summed E-state index contributed by atoms with van der Waals surface area (Å²) in [6.45, 7) is 4.24. The predicted molar refractivity (Wildman–Crippen MR) is 94.9 cm³/mol. The van der Waals surface area contributed by atoms with Gasteiger partial charge in [-0.05, 0) is 71.2 Å². The number of nitrogens with one attached hydrogen (secondary N) is 2. The standard InChI is InChI=1S/C16H16Br2N2O/c1-10-3-6-15(14(18)7-10)20-16(21)9-19-12-4-5-13(17)11(2)8-12/h3-8,19H,9H2,1-2H3,(H,20,21). The summed E-state index contributed by atoms with van der Waals surface area (Å²) in [6.07, 6.45) is 0. The molecule has 0 aliphatic rings. The van der Waals surface area contributed by atoms with Gasteiger partial charge in [-0.1, -0.05) is 22.0 Å². The Hall–Kier alpha value is -1.33. The van der Waals surface area contributed by atoms with E-state index in [1.165, 1.54) is 0 Å². The van der Waals surface area contributed by atoms with Crippen molar-refractivity contribution in [3.05, 3.63) is 56.5 Å². The summed E-state index contributed by atoms with van der Waals surface area (Å²) in [5, 5.41) is 5.99. The van der Waals surface area contributed by atoms with Crippen LogP contribution in [0.3, 0.4) is 0 Å². The van der Waals surface area contributed by atoms with Gasteiger partial charge in [0.2, 0.25) is 5.91 Å². The van der Waals surface area contributed by atoms with Crippen molar-refractivity contribution in [3.63, 3.8) is 0 Å². The van der Waals surface area contributed by atoms with Crippen LogP contribution in [0.15, 0.2) is 45.3 Å². The Morgan fingerprint density at radius 3 is 2.48 bits per heavy atom. The van der Waals surface area contributed by atoms with Gasteiger partial charge in [0.15, 0.2) is 0 Å². The van der Waals surface area contributed by atoms with Gasteiger partial charge in [-0.15, -0.1) is 0 Å². The van der Waals surface area contributed by atoms with Crippen LogP contribution < -0.4 is 10.6 Å². The third-order valence-electron chi connectivity index (χ3n) is 3.01. The molecule has 0 atom stereocenters. The van der Waals surface area contributed by atoms with Gasteiger partial charge in [0.25, 0.3) is 0 Å². The number of benzene rings is 2. The van der Waals surface area contributed by atoms with E-state index in [4.69, 9.17) is 0 Å². The van der Waals surface area contributed by atoms with E-state index in [2.05, 4.69) is 42.5 Å². The molecule has 0 bridgehead atoms. The molecule has 110 valence electrons. The van der Waals surface area contributed by atoms with Crippen LogP contribution in [0.2, 0.25) is 0 Å². The van der Waals surface area contributed by atoms with Crippen molar-refractivity contribution in [2.45, 2.75) is 13.8 Å². The van der Waals surface area contributed by atoms with Gasteiger partial charge in [-0.25, -0.2) is 0 Å². The third-order valence-corrected chi connectivity index (χ3v) is 4.56. The Morgan fingerprint density at radius 2 is 1.81 bits per heavy atom. The topological polar surface area (TPSA) is 41.1 Å². The van der Waals surface area contributed by atoms with E-state index in [-0.39, 0.29) is 12.5 Å². The molecule has 0 spiro atoms. The smallest absolute Gasteiger partial charge is 0.243 e. The monoisotopic (exact) mass is 410 g/mol. The van der Waals surface area contributed by atoms with Crippen LogP contribution in [-0.4, -0.2) is 12.5 Å². The Balaban J connectivity index is 1.94.